The van der Waals surface area contributed by atoms with Crippen molar-refractivity contribution < 1.29 is 19.5 Å². The van der Waals surface area contributed by atoms with Gasteiger partial charge in [-0.2, -0.15) is 0 Å². The van der Waals surface area contributed by atoms with Crippen LogP contribution in [0.4, 0.5) is 10.5 Å². The molecule has 0 aromatic heterocycles. The van der Waals surface area contributed by atoms with Gasteiger partial charge < -0.3 is 5.11 Å². The fraction of sp³-hybridized carbons (Fsp3) is 0.105. The monoisotopic (exact) mass is 336 g/mol. The number of imide groups is 2. The molecule has 6 heteroatoms. The lowest BCUT2D eigenvalue weighted by atomic mass is 10.0. The minimum absolute atomic E-state index is 0.0776. The van der Waals surface area contributed by atoms with Crippen LogP contribution >= 0.6 is 0 Å². The molecule has 4 amide bonds. The summed E-state index contributed by atoms with van der Waals surface area (Å²) in [5.74, 6) is -1.35. The Morgan fingerprint density at radius 2 is 1.68 bits per heavy atom. The van der Waals surface area contributed by atoms with Gasteiger partial charge in [-0.05, 0) is 54.8 Å². The molecule has 1 aliphatic rings. The van der Waals surface area contributed by atoms with E-state index in [-0.39, 0.29) is 11.3 Å². The number of anilines is 1. The molecule has 2 aromatic rings. The fourth-order valence-corrected chi connectivity index (χ4v) is 2.59. The molecule has 0 atom stereocenters. The van der Waals surface area contributed by atoms with Gasteiger partial charge in [0.25, 0.3) is 11.8 Å². The number of rotatable bonds is 2. The first kappa shape index (κ1) is 16.4. The number of nitrogens with one attached hydrogen (secondary N) is 1. The van der Waals surface area contributed by atoms with E-state index in [0.717, 1.165) is 16.0 Å². The number of aryl methyl sites for hydroxylation is 1. The molecule has 0 spiro atoms. The van der Waals surface area contributed by atoms with E-state index in [1.807, 2.05) is 19.9 Å². The minimum Gasteiger partial charge on any atom is -0.508 e. The van der Waals surface area contributed by atoms with Crippen LogP contribution in [0, 0.1) is 13.8 Å². The molecule has 0 radical (unpaired) electrons. The van der Waals surface area contributed by atoms with Gasteiger partial charge >= 0.3 is 6.03 Å². The van der Waals surface area contributed by atoms with Crippen LogP contribution in [-0.4, -0.2) is 23.0 Å². The topological polar surface area (TPSA) is 86.7 Å². The number of barbiturate groups is 1. The lowest BCUT2D eigenvalue weighted by Crippen LogP contribution is -2.54. The van der Waals surface area contributed by atoms with Gasteiger partial charge in [-0.15, -0.1) is 0 Å². The van der Waals surface area contributed by atoms with Gasteiger partial charge in [0.2, 0.25) is 0 Å². The first-order valence-corrected chi connectivity index (χ1v) is 7.65. The Morgan fingerprint density at radius 3 is 2.36 bits per heavy atom. The summed E-state index contributed by atoms with van der Waals surface area (Å²) in [6.45, 7) is 3.69. The third-order valence-electron chi connectivity index (χ3n) is 4.12. The van der Waals surface area contributed by atoms with Crippen molar-refractivity contribution in [2.45, 2.75) is 13.8 Å². The summed E-state index contributed by atoms with van der Waals surface area (Å²) in [5, 5.41) is 11.5. The van der Waals surface area contributed by atoms with Gasteiger partial charge in [-0.25, -0.2) is 9.69 Å². The van der Waals surface area contributed by atoms with Crippen molar-refractivity contribution in [2.75, 3.05) is 4.90 Å². The zero-order chi connectivity index (χ0) is 18.1. The smallest absolute Gasteiger partial charge is 0.335 e. The normalized spacial score (nSPS) is 16.3. The average molecular weight is 336 g/mol. The number of phenolic OH excluding ortho intramolecular Hbond substituents is 1. The second-order valence-corrected chi connectivity index (χ2v) is 5.77. The number of benzene rings is 2. The molecular weight excluding hydrogens is 320 g/mol. The number of carbonyl (C=O) groups is 3. The Bertz CT molecular complexity index is 914. The zero-order valence-corrected chi connectivity index (χ0v) is 13.7. The maximum Gasteiger partial charge on any atom is 0.335 e. The predicted molar refractivity (Wildman–Crippen MR) is 93.0 cm³/mol. The van der Waals surface area contributed by atoms with Crippen molar-refractivity contribution in [3.05, 3.63) is 64.7 Å². The number of nitrogens with zero attached hydrogens (tertiary/aromatic N) is 1. The lowest BCUT2D eigenvalue weighted by molar-refractivity contribution is -0.122. The lowest BCUT2D eigenvalue weighted by Gasteiger charge is -2.28. The third-order valence-corrected chi connectivity index (χ3v) is 4.12. The number of urea groups is 1. The Morgan fingerprint density at radius 1 is 1.00 bits per heavy atom. The molecule has 126 valence electrons. The fourth-order valence-electron chi connectivity index (χ4n) is 2.59. The quantitative estimate of drug-likeness (QED) is 0.652. The Kier molecular flexibility index (Phi) is 4.10. The van der Waals surface area contributed by atoms with Crippen LogP contribution in [0.25, 0.3) is 6.08 Å². The van der Waals surface area contributed by atoms with Crippen LogP contribution in [0.2, 0.25) is 0 Å². The van der Waals surface area contributed by atoms with Gasteiger partial charge in [0.15, 0.2) is 0 Å². The van der Waals surface area contributed by atoms with Crippen molar-refractivity contribution in [2.24, 2.45) is 0 Å². The maximum absolute atomic E-state index is 12.8. The average Bonchev–Trinajstić information content (AvgIpc) is 2.57. The van der Waals surface area contributed by atoms with Crippen molar-refractivity contribution in [3.63, 3.8) is 0 Å². The highest BCUT2D eigenvalue weighted by molar-refractivity contribution is 6.39. The highest BCUT2D eigenvalue weighted by Gasteiger charge is 2.37. The molecule has 1 aliphatic heterocycles. The highest BCUT2D eigenvalue weighted by atomic mass is 16.3. The van der Waals surface area contributed by atoms with Crippen LogP contribution in [0.5, 0.6) is 5.75 Å². The Balaban J connectivity index is 2.05. The number of aromatic hydroxyl groups is 1. The van der Waals surface area contributed by atoms with Gasteiger partial charge in [0.05, 0.1) is 5.69 Å². The van der Waals surface area contributed by atoms with Gasteiger partial charge in [0.1, 0.15) is 11.3 Å². The molecule has 2 N–H and O–H groups in total. The first-order chi connectivity index (χ1) is 11.9. The second kappa shape index (κ2) is 6.24. The molecule has 1 saturated heterocycles. The van der Waals surface area contributed by atoms with E-state index in [0.29, 0.717) is 11.3 Å². The Hall–Kier alpha value is -3.41. The van der Waals surface area contributed by atoms with Crippen LogP contribution in [-0.2, 0) is 9.59 Å². The van der Waals surface area contributed by atoms with Crippen LogP contribution in [0.15, 0.2) is 48.0 Å². The summed E-state index contributed by atoms with van der Waals surface area (Å²) in [7, 11) is 0. The number of amides is 4. The summed E-state index contributed by atoms with van der Waals surface area (Å²) in [4.78, 5) is 38.1. The molecule has 0 aliphatic carbocycles. The third kappa shape index (κ3) is 3.01. The number of hydrogen-bond donors (Lipinski definition) is 2. The molecule has 2 aromatic carbocycles. The molecule has 25 heavy (non-hydrogen) atoms. The van der Waals surface area contributed by atoms with Gasteiger partial charge in [0, 0.05) is 0 Å². The minimum atomic E-state index is -0.772. The van der Waals surface area contributed by atoms with Crippen LogP contribution in [0.1, 0.15) is 16.7 Å². The zero-order valence-electron chi connectivity index (χ0n) is 13.7. The van der Waals surface area contributed by atoms with Crippen molar-refractivity contribution in [3.8, 4) is 5.75 Å². The number of carbonyl (C=O) groups excluding carboxylic acids is 3. The van der Waals surface area contributed by atoms with E-state index < -0.39 is 17.8 Å². The van der Waals surface area contributed by atoms with Gasteiger partial charge in [-0.1, -0.05) is 24.3 Å². The number of phenols is 1. The van der Waals surface area contributed by atoms with Gasteiger partial charge in [-0.3, -0.25) is 14.9 Å². The van der Waals surface area contributed by atoms with E-state index in [4.69, 9.17) is 0 Å². The highest BCUT2D eigenvalue weighted by Crippen LogP contribution is 2.27. The van der Waals surface area contributed by atoms with Crippen LogP contribution in [0.3, 0.4) is 0 Å². The summed E-state index contributed by atoms with van der Waals surface area (Å²) in [6, 6.07) is 10.6. The molecule has 0 bridgehead atoms. The van der Waals surface area contributed by atoms with E-state index in [1.165, 1.54) is 18.2 Å². The van der Waals surface area contributed by atoms with E-state index in [9.17, 15) is 19.5 Å². The second-order valence-electron chi connectivity index (χ2n) is 5.77. The SMILES string of the molecule is Cc1cccc(N2C(=O)NC(=O)/C(=C\c3ccc(O)cc3)C2=O)c1C. The standard InChI is InChI=1S/C19H16N2O4/c1-11-4-3-5-16(12(11)2)21-18(24)15(17(23)20-19(21)25)10-13-6-8-14(22)9-7-13/h3-10,22H,1-2H3,(H,20,23,25)/b15-10+. The molecular formula is C19H16N2O4. The van der Waals surface area contributed by atoms with Crippen molar-refractivity contribution >= 4 is 29.6 Å². The summed E-state index contributed by atoms with van der Waals surface area (Å²) in [6.07, 6.45) is 1.39. The molecule has 0 unspecified atom stereocenters. The van der Waals surface area contributed by atoms with Crippen LogP contribution < -0.4 is 10.2 Å². The first-order valence-electron chi connectivity index (χ1n) is 7.65. The summed E-state index contributed by atoms with van der Waals surface area (Å²) in [5.41, 5.74) is 2.56. The summed E-state index contributed by atoms with van der Waals surface area (Å²) < 4.78 is 0. The van der Waals surface area contributed by atoms with E-state index >= 15 is 0 Å². The maximum atomic E-state index is 12.8. The molecule has 6 nitrogen and oxygen atoms in total. The van der Waals surface area contributed by atoms with Crippen molar-refractivity contribution in [1.82, 2.24) is 5.32 Å². The predicted octanol–water partition coefficient (Wildman–Crippen LogP) is 2.68. The van der Waals surface area contributed by atoms with E-state index in [2.05, 4.69) is 5.32 Å². The Labute approximate surface area is 144 Å². The largest absolute Gasteiger partial charge is 0.508 e. The molecule has 1 heterocycles. The number of hydrogen-bond acceptors (Lipinski definition) is 4. The molecule has 1 fully saturated rings. The molecule has 0 saturated carbocycles. The summed E-state index contributed by atoms with van der Waals surface area (Å²) >= 11 is 0. The van der Waals surface area contributed by atoms with Crippen molar-refractivity contribution in [1.29, 1.82) is 0 Å². The van der Waals surface area contributed by atoms with E-state index in [1.54, 1.807) is 24.3 Å². The molecule has 3 rings (SSSR count).